The number of aryl methyl sites for hydroxylation is 2. The molecular formula is C22H22N4O. The van der Waals surface area contributed by atoms with Crippen LogP contribution in [0.25, 0.3) is 10.8 Å². The maximum Gasteiger partial charge on any atom is 0.248 e. The number of rotatable bonds is 6. The van der Waals surface area contributed by atoms with E-state index in [1.807, 2.05) is 23.5 Å². The van der Waals surface area contributed by atoms with Crippen LogP contribution >= 0.6 is 0 Å². The quantitative estimate of drug-likeness (QED) is 0.709. The Labute approximate surface area is 158 Å². The summed E-state index contributed by atoms with van der Waals surface area (Å²) in [4.78, 5) is 15.5. The van der Waals surface area contributed by atoms with Crippen LogP contribution in [-0.4, -0.2) is 30.3 Å². The number of amides is 1. The molecule has 5 nitrogen and oxygen atoms in total. The Morgan fingerprint density at radius 3 is 2.41 bits per heavy atom. The van der Waals surface area contributed by atoms with Crippen molar-refractivity contribution in [3.05, 3.63) is 77.4 Å². The number of primary amides is 1. The Bertz CT molecular complexity index is 995. The van der Waals surface area contributed by atoms with Gasteiger partial charge in [0.05, 0.1) is 18.8 Å². The molecule has 0 saturated heterocycles. The van der Waals surface area contributed by atoms with Crippen LogP contribution in [0.1, 0.15) is 21.5 Å². The molecule has 3 aromatic carbocycles. The van der Waals surface area contributed by atoms with Gasteiger partial charge < -0.3 is 5.73 Å². The van der Waals surface area contributed by atoms with Crippen LogP contribution in [0, 0.1) is 0 Å². The van der Waals surface area contributed by atoms with Crippen LogP contribution in [0.4, 0.5) is 5.69 Å². The van der Waals surface area contributed by atoms with Gasteiger partial charge in [0.2, 0.25) is 5.91 Å². The van der Waals surface area contributed by atoms with Gasteiger partial charge in [-0.2, -0.15) is 0 Å². The minimum atomic E-state index is -0.393. The molecule has 1 heterocycles. The third-order valence-electron chi connectivity index (χ3n) is 4.81. The largest absolute Gasteiger partial charge is 0.366 e. The van der Waals surface area contributed by atoms with Crippen LogP contribution < -0.4 is 11.2 Å². The summed E-state index contributed by atoms with van der Waals surface area (Å²) >= 11 is 0. The van der Waals surface area contributed by atoms with E-state index in [0.29, 0.717) is 5.56 Å². The Morgan fingerprint density at radius 2 is 1.67 bits per heavy atom. The van der Waals surface area contributed by atoms with Gasteiger partial charge in [-0.1, -0.05) is 36.4 Å². The van der Waals surface area contributed by atoms with E-state index in [1.165, 1.54) is 11.1 Å². The highest BCUT2D eigenvalue weighted by Crippen LogP contribution is 2.20. The van der Waals surface area contributed by atoms with E-state index in [2.05, 4.69) is 52.9 Å². The molecule has 3 aromatic rings. The minimum Gasteiger partial charge on any atom is -0.366 e. The number of hydrogen-bond acceptors (Lipinski definition) is 4. The van der Waals surface area contributed by atoms with Gasteiger partial charge in [0.25, 0.3) is 0 Å². The Balaban J connectivity index is 1.39. The maximum atomic E-state index is 11.3. The average Bonchev–Trinajstić information content (AvgIpc) is 3.20. The number of hydrogen-bond donors (Lipinski definition) is 2. The van der Waals surface area contributed by atoms with Crippen molar-refractivity contribution in [2.24, 2.45) is 10.7 Å². The molecule has 27 heavy (non-hydrogen) atoms. The highest BCUT2D eigenvalue weighted by Gasteiger charge is 2.05. The van der Waals surface area contributed by atoms with Gasteiger partial charge in [-0.3, -0.25) is 20.2 Å². The number of anilines is 1. The van der Waals surface area contributed by atoms with Crippen LogP contribution in [0.5, 0.6) is 0 Å². The molecule has 0 saturated carbocycles. The summed E-state index contributed by atoms with van der Waals surface area (Å²) < 4.78 is 0. The number of benzene rings is 3. The van der Waals surface area contributed by atoms with Crippen molar-refractivity contribution in [2.45, 2.75) is 12.8 Å². The SMILES string of the molecule is NC(=O)c1ccc2cc(CCc3ccc(NN4C=NCC4)cc3)ccc2c1. The van der Waals surface area contributed by atoms with Crippen molar-refractivity contribution in [3.63, 3.8) is 0 Å². The topological polar surface area (TPSA) is 70.7 Å². The molecule has 0 spiro atoms. The average molecular weight is 358 g/mol. The van der Waals surface area contributed by atoms with Gasteiger partial charge in [0.15, 0.2) is 0 Å². The third kappa shape index (κ3) is 4.08. The predicted molar refractivity (Wildman–Crippen MR) is 110 cm³/mol. The van der Waals surface area contributed by atoms with Gasteiger partial charge in [-0.15, -0.1) is 0 Å². The van der Waals surface area contributed by atoms with Crippen molar-refractivity contribution >= 4 is 28.7 Å². The maximum absolute atomic E-state index is 11.3. The molecule has 5 heteroatoms. The molecule has 0 atom stereocenters. The van der Waals surface area contributed by atoms with Crippen molar-refractivity contribution in [1.29, 1.82) is 0 Å². The molecule has 0 fully saturated rings. The standard InChI is InChI=1S/C22H22N4O/c23-22(27)20-8-7-18-13-17(3-6-19(18)14-20)2-1-16-4-9-21(10-5-16)25-26-12-11-24-15-26/h3-10,13-15,25H,1-2,11-12H2,(H2,23,27). The molecule has 1 amide bonds. The zero-order valence-corrected chi connectivity index (χ0v) is 15.1. The monoisotopic (exact) mass is 358 g/mol. The molecule has 0 radical (unpaired) electrons. The van der Waals surface area contributed by atoms with E-state index >= 15 is 0 Å². The zero-order valence-electron chi connectivity index (χ0n) is 15.1. The highest BCUT2D eigenvalue weighted by atomic mass is 16.1. The van der Waals surface area contributed by atoms with Crippen LogP contribution in [0.15, 0.2) is 65.7 Å². The molecule has 1 aliphatic rings. The molecule has 1 aliphatic heterocycles. The smallest absolute Gasteiger partial charge is 0.248 e. The van der Waals surface area contributed by atoms with E-state index in [4.69, 9.17) is 5.73 Å². The van der Waals surface area contributed by atoms with E-state index in [-0.39, 0.29) is 0 Å². The number of fused-ring (bicyclic) bond motifs is 1. The van der Waals surface area contributed by atoms with Crippen LogP contribution in [-0.2, 0) is 12.8 Å². The summed E-state index contributed by atoms with van der Waals surface area (Å²) in [6.45, 7) is 1.76. The Kier molecular flexibility index (Phi) is 4.75. The lowest BCUT2D eigenvalue weighted by molar-refractivity contribution is 0.100. The summed E-state index contributed by atoms with van der Waals surface area (Å²) in [5.41, 5.74) is 12.9. The van der Waals surface area contributed by atoms with Gasteiger partial charge in [0.1, 0.15) is 6.34 Å². The van der Waals surface area contributed by atoms with E-state index in [9.17, 15) is 4.79 Å². The van der Waals surface area contributed by atoms with Crippen LogP contribution in [0.3, 0.4) is 0 Å². The highest BCUT2D eigenvalue weighted by molar-refractivity contribution is 5.97. The summed E-state index contributed by atoms with van der Waals surface area (Å²) in [5.74, 6) is -0.393. The molecule has 0 bridgehead atoms. The molecular weight excluding hydrogens is 336 g/mol. The second-order valence-corrected chi connectivity index (χ2v) is 6.78. The Hall–Kier alpha value is -3.34. The number of carbonyl (C=O) groups is 1. The van der Waals surface area contributed by atoms with Gasteiger partial charge in [-0.25, -0.2) is 0 Å². The normalized spacial score (nSPS) is 13.3. The van der Waals surface area contributed by atoms with Crippen molar-refractivity contribution in [2.75, 3.05) is 18.5 Å². The number of aliphatic imine (C=N–C) groups is 1. The fraction of sp³-hybridized carbons (Fsp3) is 0.182. The molecule has 0 aromatic heterocycles. The zero-order chi connectivity index (χ0) is 18.6. The molecule has 0 aliphatic carbocycles. The summed E-state index contributed by atoms with van der Waals surface area (Å²) in [7, 11) is 0. The fourth-order valence-corrected chi connectivity index (χ4v) is 3.27. The van der Waals surface area contributed by atoms with Crippen LogP contribution in [0.2, 0.25) is 0 Å². The lowest BCUT2D eigenvalue weighted by Gasteiger charge is -2.16. The number of nitrogens with two attached hydrogens (primary N) is 1. The number of hydrazine groups is 1. The number of nitrogens with one attached hydrogen (secondary N) is 1. The van der Waals surface area contributed by atoms with E-state index in [0.717, 1.165) is 42.4 Å². The van der Waals surface area contributed by atoms with Crippen molar-refractivity contribution < 1.29 is 4.79 Å². The number of carbonyl (C=O) groups excluding carboxylic acids is 1. The molecule has 0 unspecified atom stereocenters. The Morgan fingerprint density at radius 1 is 0.963 bits per heavy atom. The molecule has 3 N–H and O–H groups in total. The van der Waals surface area contributed by atoms with E-state index in [1.54, 1.807) is 6.07 Å². The first-order valence-corrected chi connectivity index (χ1v) is 9.12. The lowest BCUT2D eigenvalue weighted by Crippen LogP contribution is -2.26. The number of nitrogens with zero attached hydrogens (tertiary/aromatic N) is 2. The summed E-state index contributed by atoms with van der Waals surface area (Å²) in [6.07, 6.45) is 3.79. The minimum absolute atomic E-state index is 0.393. The second-order valence-electron chi connectivity index (χ2n) is 6.78. The van der Waals surface area contributed by atoms with Gasteiger partial charge in [-0.05, 0) is 59.0 Å². The fourth-order valence-electron chi connectivity index (χ4n) is 3.27. The molecule has 4 rings (SSSR count). The summed E-state index contributed by atoms with van der Waals surface area (Å²) in [6, 6.07) is 20.5. The predicted octanol–water partition coefficient (Wildman–Crippen LogP) is 3.39. The first-order valence-electron chi connectivity index (χ1n) is 9.12. The van der Waals surface area contributed by atoms with Gasteiger partial charge in [0, 0.05) is 5.56 Å². The molecule has 136 valence electrons. The lowest BCUT2D eigenvalue weighted by atomic mass is 10.00. The van der Waals surface area contributed by atoms with Gasteiger partial charge >= 0.3 is 0 Å². The third-order valence-corrected chi connectivity index (χ3v) is 4.81. The van der Waals surface area contributed by atoms with Crippen molar-refractivity contribution in [3.8, 4) is 0 Å². The van der Waals surface area contributed by atoms with E-state index < -0.39 is 5.91 Å². The first-order chi connectivity index (χ1) is 13.2. The van der Waals surface area contributed by atoms with Crippen molar-refractivity contribution in [1.82, 2.24) is 5.01 Å². The second kappa shape index (κ2) is 7.50. The summed E-state index contributed by atoms with van der Waals surface area (Å²) in [5, 5.41) is 4.16. The first kappa shape index (κ1) is 17.1.